The molecular formula is C9H14O3. The van der Waals surface area contributed by atoms with Gasteiger partial charge < -0.3 is 9.84 Å². The Kier molecular flexibility index (Phi) is 2.87. The topological polar surface area (TPSA) is 46.5 Å². The van der Waals surface area contributed by atoms with Gasteiger partial charge in [-0.25, -0.2) is 0 Å². The minimum atomic E-state index is -0.207. The zero-order valence-electron chi connectivity index (χ0n) is 7.19. The number of carbonyl (C=O) groups excluding carboxylic acids is 1. The van der Waals surface area contributed by atoms with Crippen molar-refractivity contribution in [1.29, 1.82) is 0 Å². The molecule has 3 nitrogen and oxygen atoms in total. The van der Waals surface area contributed by atoms with Gasteiger partial charge in [-0.3, -0.25) is 4.79 Å². The highest BCUT2D eigenvalue weighted by Gasteiger charge is 2.53. The summed E-state index contributed by atoms with van der Waals surface area (Å²) in [6, 6.07) is 0. The minimum absolute atomic E-state index is 0.0418. The number of hydrogen-bond donors (Lipinski definition) is 1. The monoisotopic (exact) mass is 170 g/mol. The normalized spacial score (nSPS) is 32.7. The van der Waals surface area contributed by atoms with Crippen LogP contribution in [0.25, 0.3) is 0 Å². The summed E-state index contributed by atoms with van der Waals surface area (Å²) in [5.74, 6) is -0.190. The van der Waals surface area contributed by atoms with E-state index in [0.717, 1.165) is 0 Å². The Bertz CT molecular complexity index is 188. The molecule has 0 radical (unpaired) electrons. The molecule has 3 heteroatoms. The third-order valence-corrected chi connectivity index (χ3v) is 2.27. The number of carbonyl (C=O) groups is 1. The molecular weight excluding hydrogens is 156 g/mol. The predicted octanol–water partition coefficient (Wildman–Crippen LogP) is 0.590. The van der Waals surface area contributed by atoms with Crippen molar-refractivity contribution in [3.63, 3.8) is 0 Å². The molecule has 0 amide bonds. The third-order valence-electron chi connectivity index (χ3n) is 2.27. The Labute approximate surface area is 72.0 Å². The van der Waals surface area contributed by atoms with Crippen LogP contribution in [0.2, 0.25) is 0 Å². The first-order valence-corrected chi connectivity index (χ1v) is 4.16. The molecule has 1 fully saturated rings. The van der Waals surface area contributed by atoms with E-state index in [9.17, 15) is 4.79 Å². The molecule has 68 valence electrons. The van der Waals surface area contributed by atoms with Gasteiger partial charge in [0.1, 0.15) is 0 Å². The quantitative estimate of drug-likeness (QED) is 0.496. The first kappa shape index (κ1) is 9.26. The van der Waals surface area contributed by atoms with Gasteiger partial charge in [0.25, 0.3) is 0 Å². The molecule has 0 bridgehead atoms. The molecule has 1 N–H and O–H groups in total. The molecule has 1 aliphatic rings. The van der Waals surface area contributed by atoms with E-state index >= 15 is 0 Å². The Balaban J connectivity index is 2.44. The van der Waals surface area contributed by atoms with Gasteiger partial charge in [0.05, 0.1) is 12.5 Å². The molecule has 3 atom stereocenters. The molecule has 1 saturated carbocycles. The molecule has 0 spiro atoms. The number of ether oxygens (including phenoxy) is 1. The van der Waals surface area contributed by atoms with Crippen molar-refractivity contribution in [3.05, 3.63) is 12.7 Å². The maximum Gasteiger partial charge on any atom is 0.309 e. The van der Waals surface area contributed by atoms with Crippen LogP contribution in [-0.2, 0) is 9.53 Å². The van der Waals surface area contributed by atoms with E-state index < -0.39 is 0 Å². The third kappa shape index (κ3) is 1.50. The second-order valence-corrected chi connectivity index (χ2v) is 2.94. The van der Waals surface area contributed by atoms with E-state index in [-0.39, 0.29) is 30.3 Å². The number of hydrogen-bond acceptors (Lipinski definition) is 3. The highest BCUT2D eigenvalue weighted by molar-refractivity contribution is 5.77. The standard InChI is InChI=1S/C9H14O3/c1-3-6-7(5-10)8(6)9(11)12-4-2/h3,6-8,10H,1,4-5H2,2H3. The van der Waals surface area contributed by atoms with Crippen LogP contribution < -0.4 is 0 Å². The van der Waals surface area contributed by atoms with Gasteiger partial charge in [-0.1, -0.05) is 6.08 Å². The summed E-state index contributed by atoms with van der Waals surface area (Å²) in [5, 5.41) is 8.84. The van der Waals surface area contributed by atoms with Gasteiger partial charge in [0.2, 0.25) is 0 Å². The Morgan fingerprint density at radius 3 is 2.75 bits per heavy atom. The molecule has 0 aromatic rings. The van der Waals surface area contributed by atoms with E-state index in [1.807, 2.05) is 0 Å². The van der Waals surface area contributed by atoms with Crippen molar-refractivity contribution in [2.24, 2.45) is 17.8 Å². The number of esters is 1. The fourth-order valence-corrected chi connectivity index (χ4v) is 1.53. The van der Waals surface area contributed by atoms with Gasteiger partial charge in [-0.15, -0.1) is 6.58 Å². The number of aliphatic hydroxyl groups is 1. The number of rotatable bonds is 4. The van der Waals surface area contributed by atoms with Crippen LogP contribution in [-0.4, -0.2) is 24.3 Å². The van der Waals surface area contributed by atoms with E-state index in [0.29, 0.717) is 6.61 Å². The zero-order chi connectivity index (χ0) is 9.14. The lowest BCUT2D eigenvalue weighted by Gasteiger charge is -1.98. The van der Waals surface area contributed by atoms with Crippen LogP contribution in [0.1, 0.15) is 6.92 Å². The lowest BCUT2D eigenvalue weighted by molar-refractivity contribution is -0.145. The van der Waals surface area contributed by atoms with E-state index in [1.165, 1.54) is 0 Å². The molecule has 1 rings (SSSR count). The van der Waals surface area contributed by atoms with Crippen LogP contribution in [0, 0.1) is 17.8 Å². The van der Waals surface area contributed by atoms with Gasteiger partial charge in [0, 0.05) is 12.5 Å². The van der Waals surface area contributed by atoms with Crippen molar-refractivity contribution in [2.45, 2.75) is 6.92 Å². The van der Waals surface area contributed by atoms with Crippen LogP contribution in [0.5, 0.6) is 0 Å². The van der Waals surface area contributed by atoms with Gasteiger partial charge in [-0.05, 0) is 12.8 Å². The lowest BCUT2D eigenvalue weighted by Crippen LogP contribution is -2.09. The molecule has 0 aromatic heterocycles. The predicted molar refractivity (Wildman–Crippen MR) is 44.4 cm³/mol. The van der Waals surface area contributed by atoms with Gasteiger partial charge in [-0.2, -0.15) is 0 Å². The van der Waals surface area contributed by atoms with Gasteiger partial charge in [0.15, 0.2) is 0 Å². The highest BCUT2D eigenvalue weighted by Crippen LogP contribution is 2.47. The summed E-state index contributed by atoms with van der Waals surface area (Å²) in [6.07, 6.45) is 1.71. The van der Waals surface area contributed by atoms with Crippen LogP contribution in [0.3, 0.4) is 0 Å². The first-order valence-electron chi connectivity index (χ1n) is 4.16. The van der Waals surface area contributed by atoms with E-state index in [1.54, 1.807) is 13.0 Å². The second kappa shape index (κ2) is 3.72. The largest absolute Gasteiger partial charge is 0.466 e. The van der Waals surface area contributed by atoms with E-state index in [2.05, 4.69) is 6.58 Å². The molecule has 0 aromatic carbocycles. The molecule has 0 saturated heterocycles. The zero-order valence-corrected chi connectivity index (χ0v) is 7.19. The van der Waals surface area contributed by atoms with Crippen molar-refractivity contribution in [2.75, 3.05) is 13.2 Å². The van der Waals surface area contributed by atoms with Crippen molar-refractivity contribution in [3.8, 4) is 0 Å². The Morgan fingerprint density at radius 2 is 2.42 bits per heavy atom. The first-order chi connectivity index (χ1) is 5.76. The van der Waals surface area contributed by atoms with Crippen molar-refractivity contribution < 1.29 is 14.6 Å². The van der Waals surface area contributed by atoms with E-state index in [4.69, 9.17) is 9.84 Å². The molecule has 12 heavy (non-hydrogen) atoms. The Morgan fingerprint density at radius 1 is 1.75 bits per heavy atom. The minimum Gasteiger partial charge on any atom is -0.466 e. The highest BCUT2D eigenvalue weighted by atomic mass is 16.5. The summed E-state index contributed by atoms with van der Waals surface area (Å²) in [6.45, 7) is 5.81. The molecule has 0 aliphatic heterocycles. The molecule has 0 heterocycles. The van der Waals surface area contributed by atoms with Crippen molar-refractivity contribution >= 4 is 5.97 Å². The summed E-state index contributed by atoms with van der Waals surface area (Å²) in [5.41, 5.74) is 0. The summed E-state index contributed by atoms with van der Waals surface area (Å²) in [4.78, 5) is 11.2. The Hall–Kier alpha value is -0.830. The summed E-state index contributed by atoms with van der Waals surface area (Å²) in [7, 11) is 0. The van der Waals surface area contributed by atoms with Crippen molar-refractivity contribution in [1.82, 2.24) is 0 Å². The van der Waals surface area contributed by atoms with Crippen LogP contribution in [0.15, 0.2) is 12.7 Å². The average molecular weight is 170 g/mol. The number of allylic oxidation sites excluding steroid dienone is 1. The average Bonchev–Trinajstić information content (AvgIpc) is 2.77. The van der Waals surface area contributed by atoms with Crippen LogP contribution >= 0.6 is 0 Å². The maximum atomic E-state index is 11.2. The second-order valence-electron chi connectivity index (χ2n) is 2.94. The lowest BCUT2D eigenvalue weighted by atomic mass is 10.3. The smallest absolute Gasteiger partial charge is 0.309 e. The number of aliphatic hydroxyl groups excluding tert-OH is 1. The summed E-state index contributed by atoms with van der Waals surface area (Å²) < 4.78 is 4.83. The maximum absolute atomic E-state index is 11.2. The molecule has 1 aliphatic carbocycles. The SMILES string of the molecule is C=CC1C(CO)C1C(=O)OCC. The molecule has 3 unspecified atom stereocenters. The summed E-state index contributed by atoms with van der Waals surface area (Å²) >= 11 is 0. The van der Waals surface area contributed by atoms with Crippen LogP contribution in [0.4, 0.5) is 0 Å². The fourth-order valence-electron chi connectivity index (χ4n) is 1.53. The fraction of sp³-hybridized carbons (Fsp3) is 0.667. The van der Waals surface area contributed by atoms with Gasteiger partial charge >= 0.3 is 5.97 Å².